The first-order chi connectivity index (χ1) is 21.4. The lowest BCUT2D eigenvalue weighted by molar-refractivity contribution is -0.438. The van der Waals surface area contributed by atoms with Crippen LogP contribution >= 0.6 is 0 Å². The van der Waals surface area contributed by atoms with Crippen LogP contribution in [-0.4, -0.2) is 46.1 Å². The summed E-state index contributed by atoms with van der Waals surface area (Å²) >= 11 is 0. The van der Waals surface area contributed by atoms with Crippen LogP contribution in [0.15, 0.2) is 82.6 Å². The van der Waals surface area contributed by atoms with Crippen molar-refractivity contribution in [2.45, 2.75) is 78.1 Å². The zero-order valence-corrected chi connectivity index (χ0v) is 27.0. The summed E-state index contributed by atoms with van der Waals surface area (Å²) in [4.78, 5) is 28.1. The number of carbonyl (C=O) groups is 2. The Labute approximate surface area is 265 Å². The minimum Gasteiger partial charge on any atom is -0.762 e. The minimum absolute atomic E-state index is 0.0942. The van der Waals surface area contributed by atoms with Gasteiger partial charge in [-0.25, -0.2) is 10.7 Å². The number of rotatable bonds is 10. The quantitative estimate of drug-likeness (QED) is 0.131. The molecule has 2 heterocycles. The van der Waals surface area contributed by atoms with E-state index in [1.165, 1.54) is 5.56 Å². The van der Waals surface area contributed by atoms with Crippen molar-refractivity contribution in [3.05, 3.63) is 105 Å². The number of carboxylic acid groups (broad SMARTS) is 1. The predicted molar refractivity (Wildman–Crippen MR) is 179 cm³/mol. The average Bonchev–Trinajstić information content (AvgIpc) is 3.37. The van der Waals surface area contributed by atoms with Gasteiger partial charge in [-0.2, -0.15) is 9.84 Å². The molecule has 0 atom stereocenters. The number of hydrogen-bond donors (Lipinski definition) is 1. The Morgan fingerprint density at radius 3 is 2.38 bits per heavy atom. The van der Waals surface area contributed by atoms with Crippen LogP contribution in [0.2, 0.25) is 0 Å². The normalized spacial score (nSPS) is 19.4. The summed E-state index contributed by atoms with van der Waals surface area (Å²) < 4.78 is 2.27. The number of carbonyl (C=O) groups excluding carboxylic acids is 1. The number of benzene rings is 2. The fourth-order valence-corrected chi connectivity index (χ4v) is 6.89. The molecule has 0 spiro atoms. The second-order valence-corrected chi connectivity index (χ2v) is 13.0. The Morgan fingerprint density at radius 1 is 1.02 bits per heavy atom. The number of carboxylic acids is 1. The van der Waals surface area contributed by atoms with E-state index in [0.29, 0.717) is 23.3 Å². The summed E-state index contributed by atoms with van der Waals surface area (Å²) in [6.45, 7) is 14.1. The number of allylic oxidation sites excluding steroid dienone is 7. The summed E-state index contributed by atoms with van der Waals surface area (Å²) in [6.07, 6.45) is 7.57. The van der Waals surface area contributed by atoms with Crippen molar-refractivity contribution in [3.8, 4) is 6.07 Å². The van der Waals surface area contributed by atoms with Crippen LogP contribution < -0.4 is 4.90 Å². The van der Waals surface area contributed by atoms with Crippen LogP contribution in [0.4, 0.5) is 11.4 Å². The van der Waals surface area contributed by atoms with Gasteiger partial charge < -0.3 is 15.4 Å². The van der Waals surface area contributed by atoms with Crippen LogP contribution in [0.1, 0.15) is 88.7 Å². The van der Waals surface area contributed by atoms with Gasteiger partial charge in [-0.15, -0.1) is 0 Å². The van der Waals surface area contributed by atoms with E-state index >= 15 is 0 Å². The third-order valence-corrected chi connectivity index (χ3v) is 9.47. The molecule has 2 aliphatic heterocycles. The highest BCUT2D eigenvalue weighted by Gasteiger charge is 2.47. The predicted octanol–water partition coefficient (Wildman–Crippen LogP) is 7.54. The molecule has 0 radical (unpaired) electrons. The van der Waals surface area contributed by atoms with Gasteiger partial charge in [0.05, 0.1) is 16.6 Å². The first-order valence-electron chi connectivity index (χ1n) is 15.7. The number of anilines is 1. The molecular weight excluding hydrogens is 560 g/mol. The highest BCUT2D eigenvalue weighted by Crippen LogP contribution is 2.50. The van der Waals surface area contributed by atoms with E-state index in [0.717, 1.165) is 60.6 Å². The van der Waals surface area contributed by atoms with E-state index in [2.05, 4.69) is 49.3 Å². The molecule has 1 aliphatic carbocycles. The molecule has 230 valence electrons. The summed E-state index contributed by atoms with van der Waals surface area (Å²) in [5.74, 6) is 0.844. The lowest BCUT2D eigenvalue weighted by Crippen LogP contribution is -2.32. The molecule has 0 bridgehead atoms. The Morgan fingerprint density at radius 2 is 1.73 bits per heavy atom. The molecule has 0 fully saturated rings. The molecule has 1 N–H and O–H groups in total. The molecule has 0 saturated carbocycles. The second-order valence-electron chi connectivity index (χ2n) is 13.0. The number of fused-ring (bicyclic) bond motifs is 2. The average molecular weight is 601 g/mol. The monoisotopic (exact) mass is 600 g/mol. The zero-order valence-electron chi connectivity index (χ0n) is 27.0. The van der Waals surface area contributed by atoms with Crippen molar-refractivity contribution in [1.82, 2.24) is 0 Å². The molecule has 2 aromatic carbocycles. The van der Waals surface area contributed by atoms with Crippen LogP contribution in [0.5, 0.6) is 0 Å². The number of ketones is 1. The SMILES string of the molecule is CCCCN1C(=CC2=C(C(=C=[N-])C#N)C(=CC3=[N+](CCCC)c4ccccc4C3(C)C)C2=O)C(C)(C)c2cc(C(=O)O)ccc21. The first-order valence-corrected chi connectivity index (χ1v) is 15.7. The van der Waals surface area contributed by atoms with Crippen molar-refractivity contribution in [2.75, 3.05) is 18.0 Å². The Balaban J connectivity index is 1.71. The number of nitrogens with zero attached hydrogens (tertiary/aromatic N) is 4. The number of Topliss-reactive ketones (excluding diaryl/α,β-unsaturated/α-hetero) is 1. The van der Waals surface area contributed by atoms with Crippen LogP contribution in [0, 0.1) is 11.3 Å². The van der Waals surface area contributed by atoms with E-state index in [1.807, 2.05) is 56.1 Å². The molecule has 0 amide bonds. The van der Waals surface area contributed by atoms with Crippen molar-refractivity contribution < 1.29 is 19.3 Å². The first kappa shape index (κ1) is 31.6. The third-order valence-electron chi connectivity index (χ3n) is 9.47. The van der Waals surface area contributed by atoms with Crippen LogP contribution in [0.25, 0.3) is 5.41 Å². The molecule has 7 heteroatoms. The van der Waals surface area contributed by atoms with Gasteiger partial charge in [0.15, 0.2) is 11.5 Å². The van der Waals surface area contributed by atoms with E-state index in [9.17, 15) is 25.4 Å². The summed E-state index contributed by atoms with van der Waals surface area (Å²) in [5, 5.41) is 29.7. The summed E-state index contributed by atoms with van der Waals surface area (Å²) in [5.41, 5.74) is 6.08. The van der Waals surface area contributed by atoms with E-state index in [4.69, 9.17) is 0 Å². The van der Waals surface area contributed by atoms with Gasteiger partial charge in [-0.1, -0.05) is 58.7 Å². The van der Waals surface area contributed by atoms with Crippen LogP contribution in [-0.2, 0) is 15.6 Å². The van der Waals surface area contributed by atoms with E-state index in [-0.39, 0.29) is 22.3 Å². The maximum Gasteiger partial charge on any atom is 0.335 e. The maximum absolute atomic E-state index is 14.1. The fourth-order valence-electron chi connectivity index (χ4n) is 6.89. The Kier molecular flexibility index (Phi) is 8.40. The smallest absolute Gasteiger partial charge is 0.335 e. The third kappa shape index (κ3) is 5.10. The van der Waals surface area contributed by atoms with Gasteiger partial charge >= 0.3 is 5.97 Å². The molecule has 45 heavy (non-hydrogen) atoms. The zero-order chi connectivity index (χ0) is 32.7. The Bertz CT molecular complexity index is 1840. The van der Waals surface area contributed by atoms with Crippen molar-refractivity contribution in [1.29, 1.82) is 5.26 Å². The van der Waals surface area contributed by atoms with Gasteiger partial charge in [0.1, 0.15) is 12.6 Å². The largest absolute Gasteiger partial charge is 0.762 e. The fraction of sp³-hybridized carbons (Fsp3) is 0.368. The number of para-hydroxylation sites is 1. The molecule has 7 nitrogen and oxygen atoms in total. The van der Waals surface area contributed by atoms with Crippen molar-refractivity contribution >= 4 is 34.7 Å². The highest BCUT2D eigenvalue weighted by molar-refractivity contribution is 6.27. The summed E-state index contributed by atoms with van der Waals surface area (Å²) in [7, 11) is 0. The van der Waals surface area contributed by atoms with Gasteiger partial charge in [0, 0.05) is 64.2 Å². The number of aromatic carboxylic acids is 1. The van der Waals surface area contributed by atoms with Gasteiger partial charge in [-0.3, -0.25) is 4.79 Å². The van der Waals surface area contributed by atoms with E-state index in [1.54, 1.807) is 12.1 Å². The lowest BCUT2D eigenvalue weighted by Gasteiger charge is -2.30. The topological polar surface area (TPSA) is 107 Å². The second kappa shape index (κ2) is 12.0. The maximum atomic E-state index is 14.1. The molecule has 0 saturated heterocycles. The standard InChI is InChI=1S/C38H40N4O3/c1-7-9-17-41-30-14-12-11-13-28(30)37(3,4)32(41)20-26-34(25(22-39)23-40)27(35(26)43)21-33-38(5,6)29-19-24(36(44)45)15-16-31(29)42(33)18-10-8-2/h11-16,19-21H,7-10,17-18H2,1-6H3,(H,44,45). The van der Waals surface area contributed by atoms with Gasteiger partial charge in [0.25, 0.3) is 0 Å². The van der Waals surface area contributed by atoms with E-state index < -0.39 is 11.4 Å². The minimum atomic E-state index is -0.996. The molecule has 0 aromatic heterocycles. The number of nitriles is 1. The van der Waals surface area contributed by atoms with Crippen molar-refractivity contribution in [2.24, 2.45) is 0 Å². The summed E-state index contributed by atoms with van der Waals surface area (Å²) in [6, 6.07) is 15.5. The molecule has 0 unspecified atom stereocenters. The van der Waals surface area contributed by atoms with Gasteiger partial charge in [-0.05, 0) is 50.1 Å². The Hall–Kier alpha value is -4.79. The van der Waals surface area contributed by atoms with Crippen molar-refractivity contribution in [3.63, 3.8) is 0 Å². The lowest BCUT2D eigenvalue weighted by atomic mass is 9.73. The van der Waals surface area contributed by atoms with Crippen LogP contribution in [0.3, 0.4) is 0 Å². The molecule has 2 aromatic rings. The highest BCUT2D eigenvalue weighted by atomic mass is 16.4. The molecule has 5 rings (SSSR count). The number of unbranched alkanes of at least 4 members (excludes halogenated alkanes) is 2. The molecular formula is C38H40N4O3. The van der Waals surface area contributed by atoms with Gasteiger partial charge in [0.2, 0.25) is 5.69 Å². The number of hydrogen-bond acceptors (Lipinski definition) is 4. The molecule has 3 aliphatic rings.